The topological polar surface area (TPSA) is 131 Å². The van der Waals surface area contributed by atoms with Gasteiger partial charge in [-0.1, -0.05) is 91.9 Å². The summed E-state index contributed by atoms with van der Waals surface area (Å²) in [7, 11) is 0. The number of ether oxygens (including phenoxy) is 1. The first-order chi connectivity index (χ1) is 42.3. The van der Waals surface area contributed by atoms with Gasteiger partial charge in [-0.3, -0.25) is 14.4 Å². The molecule has 1 N–H and O–H groups in total. The summed E-state index contributed by atoms with van der Waals surface area (Å²) < 4.78 is 14.8. The molecular weight excluding hydrogens is 1120 g/mol. The van der Waals surface area contributed by atoms with Gasteiger partial charge in [0.1, 0.15) is 0 Å². The van der Waals surface area contributed by atoms with Gasteiger partial charge < -0.3 is 38.2 Å². The molecule has 87 heavy (non-hydrogen) atoms. The van der Waals surface area contributed by atoms with Crippen LogP contribution >= 0.6 is 22.7 Å². The molecule has 0 amide bonds. The molecule has 0 bridgehead atoms. The smallest absolute Gasteiger partial charge is 0.161 e. The van der Waals surface area contributed by atoms with Gasteiger partial charge in [0.2, 0.25) is 0 Å². The van der Waals surface area contributed by atoms with Crippen LogP contribution in [0.3, 0.4) is 0 Å². The SMILES string of the molecule is C=CCOC1CCN(CCCn2cc(C(C)=O)c3ccccc32)CC1.CC(=O)c1cn(CC(C)CN2CCC(c3nc4ccccc4s3)CC2)c2ccccc12.CC(=O)c1cn(CC(O)CN2CCC(c3nc4ccccc4s3)CC2)c2ccccc12. The second-order valence-corrected chi connectivity index (χ2v) is 26.4. The molecule has 13 rings (SSSR count). The van der Waals surface area contributed by atoms with Gasteiger partial charge in [0.15, 0.2) is 17.3 Å². The zero-order valence-electron chi connectivity index (χ0n) is 51.1. The maximum absolute atomic E-state index is 12.1. The number of ketones is 3. The number of benzene rings is 5. The van der Waals surface area contributed by atoms with Crippen LogP contribution in [0.25, 0.3) is 53.1 Å². The number of para-hydroxylation sites is 5. The van der Waals surface area contributed by atoms with Crippen molar-refractivity contribution in [3.8, 4) is 0 Å². The van der Waals surface area contributed by atoms with Crippen LogP contribution in [0.2, 0.25) is 0 Å². The molecule has 0 aliphatic carbocycles. The quantitative estimate of drug-likeness (QED) is 0.0581. The number of rotatable bonds is 20. The summed E-state index contributed by atoms with van der Waals surface area (Å²) in [5.41, 5.74) is 7.95. The number of hydrogen-bond acceptors (Lipinski definition) is 12. The van der Waals surface area contributed by atoms with E-state index >= 15 is 0 Å². The van der Waals surface area contributed by atoms with Crippen molar-refractivity contribution in [1.29, 1.82) is 0 Å². The highest BCUT2D eigenvalue weighted by Crippen LogP contribution is 2.36. The molecule has 3 fully saturated rings. The second kappa shape index (κ2) is 28.9. The number of aliphatic hydroxyl groups excluding tert-OH is 1. The minimum Gasteiger partial charge on any atom is -0.390 e. The maximum Gasteiger partial charge on any atom is 0.161 e. The zero-order chi connectivity index (χ0) is 60.4. The summed E-state index contributed by atoms with van der Waals surface area (Å²) in [5, 5.41) is 16.4. The summed E-state index contributed by atoms with van der Waals surface area (Å²) in [5.74, 6) is 1.96. The van der Waals surface area contributed by atoms with Crippen molar-refractivity contribution in [3.05, 3.63) is 179 Å². The predicted octanol–water partition coefficient (Wildman–Crippen LogP) is 14.6. The van der Waals surface area contributed by atoms with Crippen molar-refractivity contribution in [2.75, 3.05) is 65.5 Å². The van der Waals surface area contributed by atoms with Crippen LogP contribution in [-0.2, 0) is 24.4 Å². The molecule has 5 aromatic carbocycles. The highest BCUT2D eigenvalue weighted by molar-refractivity contribution is 7.19. The lowest BCUT2D eigenvalue weighted by atomic mass is 9.96. The Morgan fingerprint density at radius 3 is 1.43 bits per heavy atom. The van der Waals surface area contributed by atoms with E-state index in [1.807, 2.05) is 107 Å². The number of thiazole rings is 2. The number of likely N-dealkylation sites (tertiary alicyclic amines) is 3. The number of carbonyl (C=O) groups is 3. The Morgan fingerprint density at radius 1 is 0.540 bits per heavy atom. The molecule has 3 saturated heterocycles. The summed E-state index contributed by atoms with van der Waals surface area (Å²) in [6.07, 6.45) is 15.5. The van der Waals surface area contributed by atoms with Crippen LogP contribution in [0, 0.1) is 5.92 Å². The van der Waals surface area contributed by atoms with Gasteiger partial charge in [-0.2, -0.15) is 0 Å². The Morgan fingerprint density at radius 2 is 0.954 bits per heavy atom. The number of aliphatic hydroxyl groups is 1. The third-order valence-electron chi connectivity index (χ3n) is 17.8. The highest BCUT2D eigenvalue weighted by atomic mass is 32.1. The molecular formula is C72H84N8O5S2. The van der Waals surface area contributed by atoms with Gasteiger partial charge >= 0.3 is 0 Å². The Balaban J connectivity index is 0.000000136. The fourth-order valence-electron chi connectivity index (χ4n) is 13.3. The van der Waals surface area contributed by atoms with E-state index in [0.717, 1.165) is 158 Å². The van der Waals surface area contributed by atoms with Crippen molar-refractivity contribution < 1.29 is 24.2 Å². The van der Waals surface area contributed by atoms with Crippen molar-refractivity contribution in [3.63, 3.8) is 0 Å². The number of β-amino-alcohol motifs (C(OH)–C–C–N with tert-alkyl or cyclic N) is 1. The summed E-state index contributed by atoms with van der Waals surface area (Å²) >= 11 is 3.68. The third-order valence-corrected chi connectivity index (χ3v) is 20.2. The van der Waals surface area contributed by atoms with Gasteiger partial charge in [-0.05, 0) is 147 Å². The van der Waals surface area contributed by atoms with Crippen LogP contribution in [-0.4, -0.2) is 139 Å². The van der Waals surface area contributed by atoms with Crippen LogP contribution in [0.5, 0.6) is 0 Å². The van der Waals surface area contributed by atoms with Crippen LogP contribution in [0.4, 0.5) is 0 Å². The number of Topliss-reactive ketones (excluding diaryl/α,β-unsaturated/α-hetero) is 3. The normalized spacial score (nSPS) is 16.7. The number of nitrogens with zero attached hydrogens (tertiary/aromatic N) is 8. The maximum atomic E-state index is 12.1. The van der Waals surface area contributed by atoms with Gasteiger partial charge in [-0.25, -0.2) is 9.97 Å². The molecule has 0 saturated carbocycles. The lowest BCUT2D eigenvalue weighted by Gasteiger charge is -2.33. The Bertz CT molecular complexity index is 3700. The molecule has 3 aliphatic rings. The standard InChI is InChI=1S/C26H29N3OS.C25H27N3O2S.C21H28N2O2/c1-18(16-29-17-22(19(2)30)21-7-3-5-9-24(21)29)15-28-13-11-20(12-14-28)26-27-23-8-4-6-10-25(23)31-26;1-17(29)21-16-28(23-8-4-2-6-20(21)23)15-19(30)14-27-12-10-18(11-13-27)25-26-22-7-3-5-9-24(22)31-25;1-3-15-25-18-9-13-22(14-10-18)11-6-12-23-16-20(17(2)24)19-7-4-5-8-21(19)23/h3-10,17-18,20H,11-16H2,1-2H3;2-9,16,18-19,30H,10-15H2,1H3;3-5,7-8,16,18H,1,6,9-15H2,2H3. The number of aromatic nitrogens is 5. The molecule has 0 radical (unpaired) electrons. The Hall–Kier alpha value is -6.95. The monoisotopic (exact) mass is 1200 g/mol. The van der Waals surface area contributed by atoms with E-state index in [-0.39, 0.29) is 17.3 Å². The summed E-state index contributed by atoms with van der Waals surface area (Å²) in [4.78, 5) is 53.1. The number of carbonyl (C=O) groups excluding carboxylic acids is 3. The largest absolute Gasteiger partial charge is 0.390 e. The highest BCUT2D eigenvalue weighted by Gasteiger charge is 2.27. The number of hydrogen-bond donors (Lipinski definition) is 1. The first-order valence-corrected chi connectivity index (χ1v) is 33.0. The lowest BCUT2D eigenvalue weighted by molar-refractivity contribution is 0.0217. The fraction of sp³-hybridized carbons (Fsp3) is 0.403. The van der Waals surface area contributed by atoms with Gasteiger partial charge in [0.05, 0.1) is 49.3 Å². The van der Waals surface area contributed by atoms with E-state index in [4.69, 9.17) is 14.7 Å². The molecule has 3 aliphatic heterocycles. The van der Waals surface area contributed by atoms with Crippen LogP contribution < -0.4 is 0 Å². The third kappa shape index (κ3) is 15.1. The molecule has 8 heterocycles. The predicted molar refractivity (Wildman–Crippen MR) is 357 cm³/mol. The summed E-state index contributed by atoms with van der Waals surface area (Å²) in [6.45, 7) is 23.2. The molecule has 5 aromatic heterocycles. The zero-order valence-corrected chi connectivity index (χ0v) is 52.7. The van der Waals surface area contributed by atoms with Gasteiger partial charge in [0, 0.05) is 126 Å². The average molecular weight is 1210 g/mol. The molecule has 13 nitrogen and oxygen atoms in total. The Kier molecular flexibility index (Phi) is 20.5. The molecule has 0 spiro atoms. The van der Waals surface area contributed by atoms with Gasteiger partial charge in [-0.15, -0.1) is 29.3 Å². The van der Waals surface area contributed by atoms with E-state index in [2.05, 4.69) is 104 Å². The van der Waals surface area contributed by atoms with E-state index in [9.17, 15) is 19.5 Å². The van der Waals surface area contributed by atoms with E-state index in [1.165, 1.54) is 32.3 Å². The average Bonchev–Trinajstić information content (AvgIpc) is 3.03. The van der Waals surface area contributed by atoms with E-state index in [0.29, 0.717) is 43.6 Å². The van der Waals surface area contributed by atoms with Crippen molar-refractivity contribution >= 4 is 93.2 Å². The fourth-order valence-corrected chi connectivity index (χ4v) is 15.6. The van der Waals surface area contributed by atoms with Crippen LogP contribution in [0.1, 0.15) is 126 Å². The number of aryl methyl sites for hydroxylation is 1. The van der Waals surface area contributed by atoms with Crippen LogP contribution in [0.15, 0.2) is 153 Å². The van der Waals surface area contributed by atoms with Crippen molar-refractivity contribution in [2.24, 2.45) is 5.92 Å². The number of fused-ring (bicyclic) bond motifs is 5. The van der Waals surface area contributed by atoms with Crippen molar-refractivity contribution in [2.45, 2.75) is 116 Å². The molecule has 2 atom stereocenters. The minimum absolute atomic E-state index is 0.0568. The lowest BCUT2D eigenvalue weighted by Crippen LogP contribution is -2.39. The van der Waals surface area contributed by atoms with E-state index < -0.39 is 6.10 Å². The first-order valence-electron chi connectivity index (χ1n) is 31.4. The van der Waals surface area contributed by atoms with Crippen molar-refractivity contribution in [1.82, 2.24) is 38.4 Å². The minimum atomic E-state index is -0.477. The number of piperidine rings is 3. The molecule has 15 heteroatoms. The molecule has 454 valence electrons. The first kappa shape index (κ1) is 61.7. The summed E-state index contributed by atoms with van der Waals surface area (Å²) in [6, 6.07) is 41.1. The molecule has 2 unspecified atom stereocenters. The van der Waals surface area contributed by atoms with E-state index in [1.54, 1.807) is 20.8 Å². The Labute approximate surface area is 519 Å². The molecule has 10 aromatic rings. The van der Waals surface area contributed by atoms with Gasteiger partial charge in [0.25, 0.3) is 0 Å². The second-order valence-electron chi connectivity index (χ2n) is 24.3.